The predicted octanol–water partition coefficient (Wildman–Crippen LogP) is 4.86. The maximum absolute atomic E-state index is 13.1. The largest absolute Gasteiger partial charge is 0.494 e. The fourth-order valence-corrected chi connectivity index (χ4v) is 2.39. The maximum Gasteiger partial charge on any atom is 0.123 e. The first-order valence-electron chi connectivity index (χ1n) is 6.24. The van der Waals surface area contributed by atoms with E-state index < -0.39 is 0 Å². The summed E-state index contributed by atoms with van der Waals surface area (Å²) in [6.07, 6.45) is 0. The molecule has 3 heteroatoms. The summed E-state index contributed by atoms with van der Waals surface area (Å²) >= 11 is 6.46. The molecule has 2 aromatic rings. The number of benzene rings is 2. The molecule has 0 amide bonds. The van der Waals surface area contributed by atoms with Crippen LogP contribution in [0.25, 0.3) is 0 Å². The molecule has 0 radical (unpaired) electrons. The van der Waals surface area contributed by atoms with Crippen molar-refractivity contribution < 1.29 is 9.13 Å². The highest BCUT2D eigenvalue weighted by Gasteiger charge is 2.13. The quantitative estimate of drug-likeness (QED) is 0.726. The van der Waals surface area contributed by atoms with Gasteiger partial charge in [-0.3, -0.25) is 0 Å². The fourth-order valence-electron chi connectivity index (χ4n) is 2.00. The van der Waals surface area contributed by atoms with Crippen LogP contribution in [-0.4, -0.2) is 6.61 Å². The Labute approximate surface area is 118 Å². The zero-order valence-electron chi connectivity index (χ0n) is 11.0. The number of halogens is 2. The molecule has 0 aliphatic rings. The predicted molar refractivity (Wildman–Crippen MR) is 76.4 cm³/mol. The molecule has 0 heterocycles. The van der Waals surface area contributed by atoms with Crippen LogP contribution in [0.5, 0.6) is 5.75 Å². The van der Waals surface area contributed by atoms with Crippen molar-refractivity contribution in [3.8, 4) is 5.75 Å². The molecular formula is C16H16ClFO. The molecule has 1 unspecified atom stereocenters. The van der Waals surface area contributed by atoms with Crippen molar-refractivity contribution >= 4 is 11.6 Å². The van der Waals surface area contributed by atoms with Gasteiger partial charge in [0, 0.05) is 0 Å². The second-order valence-electron chi connectivity index (χ2n) is 4.37. The van der Waals surface area contributed by atoms with Crippen LogP contribution in [0.15, 0.2) is 42.5 Å². The first kappa shape index (κ1) is 13.9. The van der Waals surface area contributed by atoms with Crippen LogP contribution >= 0.6 is 11.6 Å². The van der Waals surface area contributed by atoms with E-state index >= 15 is 0 Å². The molecule has 0 saturated carbocycles. The van der Waals surface area contributed by atoms with Crippen molar-refractivity contribution in [2.75, 3.05) is 6.61 Å². The molecule has 0 fully saturated rings. The number of aryl methyl sites for hydroxylation is 1. The van der Waals surface area contributed by atoms with Gasteiger partial charge in [0.1, 0.15) is 11.6 Å². The van der Waals surface area contributed by atoms with Crippen molar-refractivity contribution in [3.05, 3.63) is 65.0 Å². The molecule has 1 nitrogen and oxygen atoms in total. The van der Waals surface area contributed by atoms with Gasteiger partial charge in [0.2, 0.25) is 0 Å². The summed E-state index contributed by atoms with van der Waals surface area (Å²) in [5.41, 5.74) is 2.75. The van der Waals surface area contributed by atoms with E-state index in [1.54, 1.807) is 6.07 Å². The minimum absolute atomic E-state index is 0.239. The number of hydrogen-bond acceptors (Lipinski definition) is 1. The average molecular weight is 279 g/mol. The molecule has 0 N–H and O–H groups in total. The highest BCUT2D eigenvalue weighted by molar-refractivity contribution is 6.22. The first-order chi connectivity index (χ1) is 9.11. The first-order valence-corrected chi connectivity index (χ1v) is 6.68. The minimum atomic E-state index is -0.281. The van der Waals surface area contributed by atoms with Crippen molar-refractivity contribution in [1.29, 1.82) is 0 Å². The molecule has 2 rings (SSSR count). The van der Waals surface area contributed by atoms with Crippen molar-refractivity contribution in [2.24, 2.45) is 0 Å². The van der Waals surface area contributed by atoms with E-state index in [-0.39, 0.29) is 11.2 Å². The maximum atomic E-state index is 13.1. The van der Waals surface area contributed by atoms with E-state index in [4.69, 9.17) is 16.3 Å². The zero-order chi connectivity index (χ0) is 13.8. The molecule has 100 valence electrons. The van der Waals surface area contributed by atoms with Crippen molar-refractivity contribution in [2.45, 2.75) is 19.2 Å². The van der Waals surface area contributed by atoms with Crippen molar-refractivity contribution in [1.82, 2.24) is 0 Å². The molecule has 0 aromatic heterocycles. The molecule has 0 saturated heterocycles. The number of hydrogen-bond donors (Lipinski definition) is 0. The SMILES string of the molecule is CCOc1ccc(C(Cl)c2ccc(F)cc2C)cc1. The summed E-state index contributed by atoms with van der Waals surface area (Å²) in [4.78, 5) is 0. The lowest BCUT2D eigenvalue weighted by molar-refractivity contribution is 0.340. The smallest absolute Gasteiger partial charge is 0.123 e. The van der Waals surface area contributed by atoms with E-state index in [0.717, 1.165) is 22.4 Å². The fraction of sp³-hybridized carbons (Fsp3) is 0.250. The third-order valence-corrected chi connectivity index (χ3v) is 3.48. The summed E-state index contributed by atoms with van der Waals surface area (Å²) in [6.45, 7) is 4.45. The Hall–Kier alpha value is -1.54. The van der Waals surface area contributed by atoms with E-state index in [9.17, 15) is 4.39 Å². The Kier molecular flexibility index (Phi) is 4.43. The van der Waals surface area contributed by atoms with Gasteiger partial charge < -0.3 is 4.74 Å². The Balaban J connectivity index is 2.25. The van der Waals surface area contributed by atoms with Gasteiger partial charge >= 0.3 is 0 Å². The highest BCUT2D eigenvalue weighted by atomic mass is 35.5. The Morgan fingerprint density at radius 3 is 2.42 bits per heavy atom. The summed E-state index contributed by atoms with van der Waals surface area (Å²) in [6, 6.07) is 12.3. The third kappa shape index (κ3) is 3.27. The van der Waals surface area contributed by atoms with Crippen LogP contribution in [0.4, 0.5) is 4.39 Å². The molecular weight excluding hydrogens is 263 g/mol. The Morgan fingerprint density at radius 1 is 1.16 bits per heavy atom. The second kappa shape index (κ2) is 6.07. The molecule has 0 aliphatic heterocycles. The van der Waals surface area contributed by atoms with E-state index in [1.165, 1.54) is 12.1 Å². The van der Waals surface area contributed by atoms with Crippen molar-refractivity contribution in [3.63, 3.8) is 0 Å². The van der Waals surface area contributed by atoms with Crippen LogP contribution < -0.4 is 4.74 Å². The van der Waals surface area contributed by atoms with Crippen LogP contribution in [0.1, 0.15) is 29.0 Å². The van der Waals surface area contributed by atoms with Crippen LogP contribution in [0, 0.1) is 12.7 Å². The third-order valence-electron chi connectivity index (χ3n) is 2.99. The molecule has 0 spiro atoms. The minimum Gasteiger partial charge on any atom is -0.494 e. The molecule has 0 bridgehead atoms. The van der Waals surface area contributed by atoms with Gasteiger partial charge in [-0.2, -0.15) is 0 Å². The lowest BCUT2D eigenvalue weighted by Crippen LogP contribution is -1.98. The lowest BCUT2D eigenvalue weighted by Gasteiger charge is -2.14. The summed E-state index contributed by atoms with van der Waals surface area (Å²) < 4.78 is 18.5. The molecule has 0 aliphatic carbocycles. The summed E-state index contributed by atoms with van der Waals surface area (Å²) in [5, 5.41) is -0.281. The number of alkyl halides is 1. The summed E-state index contributed by atoms with van der Waals surface area (Å²) in [7, 11) is 0. The summed E-state index contributed by atoms with van der Waals surface area (Å²) in [5.74, 6) is 0.586. The topological polar surface area (TPSA) is 9.23 Å². The molecule has 1 atom stereocenters. The molecule has 2 aromatic carbocycles. The Morgan fingerprint density at radius 2 is 1.84 bits per heavy atom. The van der Waals surface area contributed by atoms with Crippen LogP contribution in [0.3, 0.4) is 0 Å². The van der Waals surface area contributed by atoms with Crippen LogP contribution in [-0.2, 0) is 0 Å². The lowest BCUT2D eigenvalue weighted by atomic mass is 10.00. The monoisotopic (exact) mass is 278 g/mol. The van der Waals surface area contributed by atoms with E-state index in [2.05, 4.69) is 0 Å². The van der Waals surface area contributed by atoms with E-state index in [0.29, 0.717) is 6.61 Å². The van der Waals surface area contributed by atoms with Gasteiger partial charge in [0.15, 0.2) is 0 Å². The second-order valence-corrected chi connectivity index (χ2v) is 4.80. The van der Waals surface area contributed by atoms with Gasteiger partial charge in [0.05, 0.1) is 12.0 Å². The van der Waals surface area contributed by atoms with Gasteiger partial charge in [0.25, 0.3) is 0 Å². The van der Waals surface area contributed by atoms with Gasteiger partial charge in [-0.05, 0) is 54.8 Å². The Bertz CT molecular complexity index is 551. The zero-order valence-corrected chi connectivity index (χ0v) is 11.7. The van der Waals surface area contributed by atoms with Gasteiger partial charge in [-0.1, -0.05) is 18.2 Å². The molecule has 19 heavy (non-hydrogen) atoms. The van der Waals surface area contributed by atoms with Crippen LogP contribution in [0.2, 0.25) is 0 Å². The van der Waals surface area contributed by atoms with Gasteiger partial charge in [-0.15, -0.1) is 11.6 Å². The number of ether oxygens (including phenoxy) is 1. The standard InChI is InChI=1S/C16H16ClFO/c1-3-19-14-7-4-12(5-8-14)16(17)15-9-6-13(18)10-11(15)2/h4-10,16H,3H2,1-2H3. The van der Waals surface area contributed by atoms with Gasteiger partial charge in [-0.25, -0.2) is 4.39 Å². The average Bonchev–Trinajstić information content (AvgIpc) is 2.39. The highest BCUT2D eigenvalue weighted by Crippen LogP contribution is 2.32. The van der Waals surface area contributed by atoms with E-state index in [1.807, 2.05) is 38.1 Å². The normalized spacial score (nSPS) is 12.2. The number of rotatable bonds is 4.